The Kier molecular flexibility index (Phi) is 4.89. The van der Waals surface area contributed by atoms with Gasteiger partial charge in [-0.05, 0) is 36.3 Å². The average Bonchev–Trinajstić information content (AvgIpc) is 3.17. The third-order valence-electron chi connectivity index (χ3n) is 6.85. The minimum Gasteiger partial charge on any atom is -0.472 e. The number of rotatable bonds is 6. The molecule has 4 heteroatoms. The standard InChI is InChI=1S/C21H32O4/c1-6-16(22)17-18-19(2,3)10-7-11-20(18,4)21(23-5,25-17)12-8-15-9-13-24-14-15/h9,13-14,17-18H,6-8,10-12H2,1-5H3/t17-,18+,20+,21-/m1/s1. The van der Waals surface area contributed by atoms with E-state index in [1.807, 2.05) is 13.0 Å². The summed E-state index contributed by atoms with van der Waals surface area (Å²) in [5, 5.41) is 0. The molecule has 1 saturated heterocycles. The number of carbonyl (C=O) groups excluding carboxylic acids is 1. The van der Waals surface area contributed by atoms with Gasteiger partial charge in [-0.1, -0.05) is 34.1 Å². The number of fused-ring (bicyclic) bond motifs is 1. The summed E-state index contributed by atoms with van der Waals surface area (Å²) in [6, 6.07) is 1.98. The molecule has 0 spiro atoms. The Morgan fingerprint density at radius 1 is 1.32 bits per heavy atom. The first-order valence-corrected chi connectivity index (χ1v) is 9.56. The monoisotopic (exact) mass is 348 g/mol. The summed E-state index contributed by atoms with van der Waals surface area (Å²) in [7, 11) is 1.73. The van der Waals surface area contributed by atoms with Gasteiger partial charge in [0.25, 0.3) is 0 Å². The second-order valence-electron chi connectivity index (χ2n) is 8.68. The van der Waals surface area contributed by atoms with Crippen LogP contribution in [-0.4, -0.2) is 24.8 Å². The van der Waals surface area contributed by atoms with Crippen LogP contribution in [0.5, 0.6) is 0 Å². The zero-order chi connectivity index (χ0) is 18.3. The predicted octanol–water partition coefficient (Wildman–Crippen LogP) is 4.77. The lowest BCUT2D eigenvalue weighted by atomic mass is 9.53. The van der Waals surface area contributed by atoms with Gasteiger partial charge < -0.3 is 13.9 Å². The fourth-order valence-corrected chi connectivity index (χ4v) is 5.59. The van der Waals surface area contributed by atoms with Crippen molar-refractivity contribution in [3.8, 4) is 0 Å². The number of ketones is 1. The van der Waals surface area contributed by atoms with E-state index in [0.717, 1.165) is 37.7 Å². The highest BCUT2D eigenvalue weighted by Gasteiger charge is 2.68. The average molecular weight is 348 g/mol. The predicted molar refractivity (Wildman–Crippen MR) is 96.2 cm³/mol. The largest absolute Gasteiger partial charge is 0.472 e. The van der Waals surface area contributed by atoms with E-state index in [0.29, 0.717) is 6.42 Å². The Hall–Kier alpha value is -1.13. The highest BCUT2D eigenvalue weighted by atomic mass is 16.7. The summed E-state index contributed by atoms with van der Waals surface area (Å²) >= 11 is 0. The molecule has 0 unspecified atom stereocenters. The van der Waals surface area contributed by atoms with E-state index in [1.54, 1.807) is 19.6 Å². The first-order chi connectivity index (χ1) is 11.8. The summed E-state index contributed by atoms with van der Waals surface area (Å²) in [5.74, 6) is -0.332. The van der Waals surface area contributed by atoms with Gasteiger partial charge in [0.1, 0.15) is 6.10 Å². The maximum atomic E-state index is 12.7. The quantitative estimate of drug-likeness (QED) is 0.743. The lowest BCUT2D eigenvalue weighted by Crippen LogP contribution is -2.53. The van der Waals surface area contributed by atoms with Gasteiger partial charge in [-0.3, -0.25) is 4.79 Å². The summed E-state index contributed by atoms with van der Waals surface area (Å²) in [6.07, 6.45) is 8.48. The van der Waals surface area contributed by atoms with E-state index in [1.165, 1.54) is 0 Å². The fraction of sp³-hybridized carbons (Fsp3) is 0.762. The van der Waals surface area contributed by atoms with Crippen molar-refractivity contribution in [1.29, 1.82) is 0 Å². The summed E-state index contributed by atoms with van der Waals surface area (Å²) < 4.78 is 17.8. The molecule has 0 radical (unpaired) electrons. The van der Waals surface area contributed by atoms with Crippen molar-refractivity contribution in [2.75, 3.05) is 7.11 Å². The van der Waals surface area contributed by atoms with E-state index in [-0.39, 0.29) is 28.6 Å². The first kappa shape index (κ1) is 18.7. The maximum Gasteiger partial charge on any atom is 0.174 e. The number of carbonyl (C=O) groups is 1. The Labute approximate surface area is 151 Å². The number of ether oxygens (including phenoxy) is 2. The Bertz CT molecular complexity index is 605. The van der Waals surface area contributed by atoms with Gasteiger partial charge in [0.05, 0.1) is 12.5 Å². The third kappa shape index (κ3) is 2.87. The molecular weight excluding hydrogens is 316 g/mol. The van der Waals surface area contributed by atoms with Crippen molar-refractivity contribution in [3.63, 3.8) is 0 Å². The molecule has 1 aromatic rings. The van der Waals surface area contributed by atoms with Crippen molar-refractivity contribution >= 4 is 5.78 Å². The van der Waals surface area contributed by atoms with E-state index in [9.17, 15) is 4.79 Å². The molecule has 1 aromatic heterocycles. The summed E-state index contributed by atoms with van der Waals surface area (Å²) in [5.41, 5.74) is 1.04. The second-order valence-corrected chi connectivity index (χ2v) is 8.68. The Morgan fingerprint density at radius 3 is 2.68 bits per heavy atom. The van der Waals surface area contributed by atoms with Gasteiger partial charge in [0, 0.05) is 31.3 Å². The van der Waals surface area contributed by atoms with Crippen LogP contribution in [-0.2, 0) is 20.7 Å². The van der Waals surface area contributed by atoms with Crippen LogP contribution >= 0.6 is 0 Å². The number of Topliss-reactive ketones (excluding diaryl/α,β-unsaturated/α-hetero) is 1. The highest BCUT2D eigenvalue weighted by molar-refractivity contribution is 5.83. The van der Waals surface area contributed by atoms with Crippen molar-refractivity contribution in [3.05, 3.63) is 24.2 Å². The Morgan fingerprint density at radius 2 is 2.08 bits per heavy atom. The molecule has 2 aliphatic rings. The number of aryl methyl sites for hydroxylation is 1. The highest BCUT2D eigenvalue weighted by Crippen LogP contribution is 2.64. The molecule has 140 valence electrons. The van der Waals surface area contributed by atoms with Crippen LogP contribution in [0, 0.1) is 16.7 Å². The number of methoxy groups -OCH3 is 1. The zero-order valence-corrected chi connectivity index (χ0v) is 16.3. The van der Waals surface area contributed by atoms with Gasteiger partial charge >= 0.3 is 0 Å². The van der Waals surface area contributed by atoms with Crippen LogP contribution in [0.2, 0.25) is 0 Å². The molecule has 2 fully saturated rings. The molecule has 0 N–H and O–H groups in total. The number of hydrogen-bond donors (Lipinski definition) is 0. The maximum absolute atomic E-state index is 12.7. The van der Waals surface area contributed by atoms with Gasteiger partial charge in [-0.15, -0.1) is 0 Å². The molecule has 4 atom stereocenters. The van der Waals surface area contributed by atoms with Crippen molar-refractivity contribution < 1.29 is 18.7 Å². The lowest BCUT2D eigenvalue weighted by molar-refractivity contribution is -0.260. The van der Waals surface area contributed by atoms with Gasteiger partial charge in [0.2, 0.25) is 0 Å². The normalized spacial score (nSPS) is 37.0. The van der Waals surface area contributed by atoms with E-state index < -0.39 is 5.79 Å². The van der Waals surface area contributed by atoms with Crippen LogP contribution in [0.25, 0.3) is 0 Å². The molecule has 4 nitrogen and oxygen atoms in total. The lowest BCUT2D eigenvalue weighted by Gasteiger charge is -2.52. The van der Waals surface area contributed by atoms with Crippen molar-refractivity contribution in [1.82, 2.24) is 0 Å². The zero-order valence-electron chi connectivity index (χ0n) is 16.3. The summed E-state index contributed by atoms with van der Waals surface area (Å²) in [6.45, 7) is 8.78. The molecule has 3 rings (SSSR count). The first-order valence-electron chi connectivity index (χ1n) is 9.56. The van der Waals surface area contributed by atoms with Crippen LogP contribution in [0.4, 0.5) is 0 Å². The number of furan rings is 1. The third-order valence-corrected chi connectivity index (χ3v) is 6.85. The SMILES string of the molecule is CCC(=O)[C@H]1O[C@@](CCc2ccoc2)(OC)[C@@]2(C)CCCC(C)(C)[C@H]12. The van der Waals surface area contributed by atoms with Crippen molar-refractivity contribution in [2.24, 2.45) is 16.7 Å². The van der Waals surface area contributed by atoms with Crippen LogP contribution < -0.4 is 0 Å². The van der Waals surface area contributed by atoms with Crippen molar-refractivity contribution in [2.45, 2.75) is 78.1 Å². The molecule has 1 aliphatic heterocycles. The van der Waals surface area contributed by atoms with Crippen LogP contribution in [0.3, 0.4) is 0 Å². The van der Waals surface area contributed by atoms with Gasteiger partial charge in [0.15, 0.2) is 11.6 Å². The second kappa shape index (κ2) is 6.55. The van der Waals surface area contributed by atoms with Crippen LogP contribution in [0.15, 0.2) is 23.0 Å². The fourth-order valence-electron chi connectivity index (χ4n) is 5.59. The number of hydrogen-bond acceptors (Lipinski definition) is 4. The van der Waals surface area contributed by atoms with Crippen LogP contribution in [0.1, 0.15) is 65.4 Å². The molecule has 0 aromatic carbocycles. The van der Waals surface area contributed by atoms with Gasteiger partial charge in [-0.25, -0.2) is 0 Å². The topological polar surface area (TPSA) is 48.7 Å². The minimum absolute atomic E-state index is 0.0679. The van der Waals surface area contributed by atoms with E-state index in [4.69, 9.17) is 13.9 Å². The van der Waals surface area contributed by atoms with Gasteiger partial charge in [-0.2, -0.15) is 0 Å². The molecule has 1 saturated carbocycles. The molecule has 25 heavy (non-hydrogen) atoms. The van der Waals surface area contributed by atoms with E-state index >= 15 is 0 Å². The molecule has 2 heterocycles. The minimum atomic E-state index is -0.720. The molecule has 0 bridgehead atoms. The summed E-state index contributed by atoms with van der Waals surface area (Å²) in [4.78, 5) is 12.7. The molecular formula is C21H32O4. The Balaban J connectivity index is 1.98. The molecule has 0 amide bonds. The molecule has 1 aliphatic carbocycles. The smallest absolute Gasteiger partial charge is 0.174 e. The van der Waals surface area contributed by atoms with E-state index in [2.05, 4.69) is 20.8 Å².